The van der Waals surface area contributed by atoms with Gasteiger partial charge in [0, 0.05) is 6.61 Å². The van der Waals surface area contributed by atoms with E-state index in [0.29, 0.717) is 29.5 Å². The number of hydrogen-bond acceptors (Lipinski definition) is 5. The van der Waals surface area contributed by atoms with Crippen LogP contribution in [0.4, 0.5) is 8.78 Å². The molecule has 1 amide bonds. The van der Waals surface area contributed by atoms with Gasteiger partial charge < -0.3 is 19.5 Å². The van der Waals surface area contributed by atoms with Crippen LogP contribution in [0.5, 0.6) is 11.5 Å². The van der Waals surface area contributed by atoms with Gasteiger partial charge in [-0.2, -0.15) is 8.78 Å². The van der Waals surface area contributed by atoms with Gasteiger partial charge in [-0.05, 0) is 48.8 Å². The summed E-state index contributed by atoms with van der Waals surface area (Å²) in [6.07, 6.45) is 3.44. The van der Waals surface area contributed by atoms with Crippen LogP contribution in [0.15, 0.2) is 23.9 Å². The Morgan fingerprint density at radius 3 is 2.92 bits per heavy atom. The van der Waals surface area contributed by atoms with Crippen LogP contribution >= 0.6 is 12.2 Å². The predicted molar refractivity (Wildman–Crippen MR) is 94.0 cm³/mol. The lowest BCUT2D eigenvalue weighted by atomic mass is 10.1. The first-order valence-electron chi connectivity index (χ1n) is 8.07. The minimum atomic E-state index is -2.95. The first-order chi connectivity index (χ1) is 12.5. The normalized spacial score (nSPS) is 21.6. The Kier molecular flexibility index (Phi) is 5.67. The second kappa shape index (κ2) is 7.96. The lowest BCUT2D eigenvalue weighted by molar-refractivity contribution is -0.123. The van der Waals surface area contributed by atoms with E-state index in [2.05, 4.69) is 10.1 Å². The van der Waals surface area contributed by atoms with Crippen LogP contribution in [0, 0.1) is 0 Å². The maximum absolute atomic E-state index is 12.6. The number of nitrogens with one attached hydrogen (secondary N) is 1. The molecule has 2 aliphatic heterocycles. The summed E-state index contributed by atoms with van der Waals surface area (Å²) in [5.41, 5.74) is 0.888. The Morgan fingerprint density at radius 2 is 2.27 bits per heavy atom. The number of halogens is 2. The maximum atomic E-state index is 12.6. The largest absolute Gasteiger partial charge is 0.493 e. The molecule has 2 heterocycles. The zero-order valence-corrected chi connectivity index (χ0v) is 14.9. The van der Waals surface area contributed by atoms with Crippen LogP contribution in [-0.2, 0) is 9.53 Å². The van der Waals surface area contributed by atoms with Crippen molar-refractivity contribution in [1.82, 2.24) is 10.2 Å². The van der Waals surface area contributed by atoms with Gasteiger partial charge in [0.15, 0.2) is 16.6 Å². The summed E-state index contributed by atoms with van der Waals surface area (Å²) in [7, 11) is 1.35. The number of carbonyl (C=O) groups excluding carboxylic acids is 1. The lowest BCUT2D eigenvalue weighted by Crippen LogP contribution is -2.37. The number of hydrogen-bond donors (Lipinski definition) is 1. The SMILES string of the molecule is COc1cc(/C=C2/NC(=S)N(CC3CCCO3)C2=O)ccc1OC(F)F. The molecule has 0 bridgehead atoms. The number of alkyl halides is 2. The summed E-state index contributed by atoms with van der Waals surface area (Å²) in [5, 5.41) is 3.20. The Bertz CT molecular complexity index is 735. The summed E-state index contributed by atoms with van der Waals surface area (Å²) in [5.74, 6) is -0.188. The van der Waals surface area contributed by atoms with Gasteiger partial charge in [-0.1, -0.05) is 6.07 Å². The zero-order chi connectivity index (χ0) is 18.7. The quantitative estimate of drug-likeness (QED) is 0.601. The zero-order valence-electron chi connectivity index (χ0n) is 14.0. The molecule has 6 nitrogen and oxygen atoms in total. The highest BCUT2D eigenvalue weighted by molar-refractivity contribution is 7.80. The van der Waals surface area contributed by atoms with Gasteiger partial charge in [-0.25, -0.2) is 0 Å². The lowest BCUT2D eigenvalue weighted by Gasteiger charge is -2.18. The van der Waals surface area contributed by atoms with Crippen molar-refractivity contribution in [2.45, 2.75) is 25.6 Å². The Morgan fingerprint density at radius 1 is 1.46 bits per heavy atom. The minimum absolute atomic E-state index is 0.0103. The Hall–Kier alpha value is -2.26. The number of rotatable bonds is 6. The van der Waals surface area contributed by atoms with E-state index in [1.807, 2.05) is 0 Å². The van der Waals surface area contributed by atoms with Crippen molar-refractivity contribution in [3.05, 3.63) is 29.5 Å². The van der Waals surface area contributed by atoms with E-state index in [9.17, 15) is 13.6 Å². The van der Waals surface area contributed by atoms with Crippen molar-refractivity contribution < 1.29 is 27.8 Å². The van der Waals surface area contributed by atoms with Crippen LogP contribution in [0.25, 0.3) is 6.08 Å². The summed E-state index contributed by atoms with van der Waals surface area (Å²) in [4.78, 5) is 14.0. The van der Waals surface area contributed by atoms with E-state index < -0.39 is 6.61 Å². The van der Waals surface area contributed by atoms with Crippen molar-refractivity contribution >= 4 is 29.3 Å². The van der Waals surface area contributed by atoms with Crippen LogP contribution in [0.1, 0.15) is 18.4 Å². The molecule has 1 unspecified atom stereocenters. The summed E-state index contributed by atoms with van der Waals surface area (Å²) >= 11 is 5.23. The van der Waals surface area contributed by atoms with Gasteiger partial charge in [0.05, 0.1) is 19.8 Å². The molecule has 9 heteroatoms. The number of nitrogens with zero attached hydrogens (tertiary/aromatic N) is 1. The molecular formula is C17H18F2N2O4S. The number of thiocarbonyl (C=S) groups is 1. The molecule has 1 aromatic rings. The van der Waals surface area contributed by atoms with Crippen molar-refractivity contribution in [3.8, 4) is 11.5 Å². The smallest absolute Gasteiger partial charge is 0.387 e. The number of benzene rings is 1. The van der Waals surface area contributed by atoms with Crippen molar-refractivity contribution in [1.29, 1.82) is 0 Å². The third kappa shape index (κ3) is 4.10. The van der Waals surface area contributed by atoms with Crippen molar-refractivity contribution in [2.75, 3.05) is 20.3 Å². The van der Waals surface area contributed by atoms with E-state index in [0.717, 1.165) is 12.8 Å². The van der Waals surface area contributed by atoms with Crippen molar-refractivity contribution in [3.63, 3.8) is 0 Å². The first kappa shape index (κ1) is 18.5. The summed E-state index contributed by atoms with van der Waals surface area (Å²) in [6, 6.07) is 4.42. The molecule has 3 rings (SSSR count). The fraction of sp³-hybridized carbons (Fsp3) is 0.412. The van der Waals surface area contributed by atoms with E-state index in [1.54, 1.807) is 12.1 Å². The molecule has 0 aromatic heterocycles. The monoisotopic (exact) mass is 384 g/mol. The Balaban J connectivity index is 1.76. The topological polar surface area (TPSA) is 60.0 Å². The molecule has 0 saturated carbocycles. The van der Waals surface area contributed by atoms with Gasteiger partial charge in [0.1, 0.15) is 5.70 Å². The van der Waals surface area contributed by atoms with Crippen LogP contribution in [-0.4, -0.2) is 48.9 Å². The number of ether oxygens (including phenoxy) is 3. The number of carbonyl (C=O) groups is 1. The second-order valence-electron chi connectivity index (χ2n) is 5.83. The van der Waals surface area contributed by atoms with Crippen LogP contribution in [0.2, 0.25) is 0 Å². The highest BCUT2D eigenvalue weighted by Gasteiger charge is 2.33. The molecule has 1 atom stereocenters. The Labute approximate surface area is 154 Å². The first-order valence-corrected chi connectivity index (χ1v) is 8.47. The molecule has 0 radical (unpaired) electrons. The fourth-order valence-corrected chi connectivity index (χ4v) is 3.13. The maximum Gasteiger partial charge on any atom is 0.387 e. The standard InChI is InChI=1S/C17H18F2N2O4S/c1-23-14-8-10(4-5-13(14)25-16(18)19)7-12-15(22)21(17(26)20-12)9-11-3-2-6-24-11/h4-5,7-8,11,16H,2-3,6,9H2,1H3,(H,20,26)/b12-7+. The molecule has 26 heavy (non-hydrogen) atoms. The van der Waals surface area contributed by atoms with Gasteiger partial charge in [-0.15, -0.1) is 0 Å². The molecule has 2 fully saturated rings. The molecule has 140 valence electrons. The molecule has 2 aliphatic rings. The summed E-state index contributed by atoms with van der Waals surface area (Å²) in [6.45, 7) is -1.84. The molecule has 1 aromatic carbocycles. The van der Waals surface area contributed by atoms with E-state index >= 15 is 0 Å². The van der Waals surface area contributed by atoms with Gasteiger partial charge in [0.25, 0.3) is 5.91 Å². The average Bonchev–Trinajstić information content (AvgIpc) is 3.20. The number of amides is 1. The van der Waals surface area contributed by atoms with Gasteiger partial charge in [0.2, 0.25) is 0 Å². The van der Waals surface area contributed by atoms with E-state index in [1.165, 1.54) is 24.1 Å². The molecule has 0 aliphatic carbocycles. The molecular weight excluding hydrogens is 366 g/mol. The van der Waals surface area contributed by atoms with Gasteiger partial charge in [-0.3, -0.25) is 9.69 Å². The minimum Gasteiger partial charge on any atom is -0.493 e. The fourth-order valence-electron chi connectivity index (χ4n) is 2.86. The van der Waals surface area contributed by atoms with Gasteiger partial charge >= 0.3 is 6.61 Å². The van der Waals surface area contributed by atoms with Crippen molar-refractivity contribution in [2.24, 2.45) is 0 Å². The van der Waals surface area contributed by atoms with Crippen LogP contribution in [0.3, 0.4) is 0 Å². The van der Waals surface area contributed by atoms with E-state index in [-0.39, 0.29) is 23.5 Å². The predicted octanol–water partition coefficient (Wildman–Crippen LogP) is 2.53. The summed E-state index contributed by atoms with van der Waals surface area (Å²) < 4.78 is 39.8. The second-order valence-corrected chi connectivity index (χ2v) is 6.21. The number of methoxy groups -OCH3 is 1. The third-order valence-corrected chi connectivity index (χ3v) is 4.41. The molecule has 2 saturated heterocycles. The average molecular weight is 384 g/mol. The highest BCUT2D eigenvalue weighted by Crippen LogP contribution is 2.30. The van der Waals surface area contributed by atoms with E-state index in [4.69, 9.17) is 21.7 Å². The molecule has 1 N–H and O–H groups in total. The highest BCUT2D eigenvalue weighted by atomic mass is 32.1. The van der Waals surface area contributed by atoms with Crippen LogP contribution < -0.4 is 14.8 Å². The molecule has 0 spiro atoms. The third-order valence-electron chi connectivity index (χ3n) is 4.09.